The molecule has 0 aromatic heterocycles. The highest BCUT2D eigenvalue weighted by molar-refractivity contribution is 5.96. The number of nitriles is 1. The molecule has 7 heteroatoms. The molecule has 1 saturated carbocycles. The molecule has 0 saturated heterocycles. The number of hydrogen-bond donors (Lipinski definition) is 1. The largest absolute Gasteiger partial charge is 0.485 e. The van der Waals surface area contributed by atoms with Gasteiger partial charge in [0.2, 0.25) is 11.8 Å². The number of fused-ring (bicyclic) bond motifs is 2. The zero-order valence-electron chi connectivity index (χ0n) is 14.3. The van der Waals surface area contributed by atoms with E-state index in [0.29, 0.717) is 22.8 Å². The average Bonchev–Trinajstić information content (AvgIpc) is 3.37. The molecule has 1 amide bonds. The van der Waals surface area contributed by atoms with Gasteiger partial charge in [0.15, 0.2) is 6.10 Å². The van der Waals surface area contributed by atoms with Crippen LogP contribution in [0.1, 0.15) is 37.5 Å². The van der Waals surface area contributed by atoms with Crippen LogP contribution >= 0.6 is 0 Å². The van der Waals surface area contributed by atoms with Gasteiger partial charge in [-0.05, 0) is 38.5 Å². The number of hydrazone groups is 1. The van der Waals surface area contributed by atoms with Crippen LogP contribution in [0.25, 0.3) is 0 Å². The van der Waals surface area contributed by atoms with Gasteiger partial charge >= 0.3 is 0 Å². The number of aliphatic hydroxyl groups is 1. The number of hydrogen-bond acceptors (Lipinski definition) is 6. The topological polar surface area (TPSA) is 95.2 Å². The summed E-state index contributed by atoms with van der Waals surface area (Å²) in [6.45, 7) is 3.57. The molecule has 4 rings (SSSR count). The van der Waals surface area contributed by atoms with Gasteiger partial charge in [-0.3, -0.25) is 4.79 Å². The Morgan fingerprint density at radius 2 is 2.20 bits per heavy atom. The SMILES string of the molecule is CN1N=C(O[C@@H]2c3cc(C#N)ccc3OC(C)(C)[C@H]2O)[C@H]2C[C@H]2C1=O. The van der Waals surface area contributed by atoms with Gasteiger partial charge in [0.25, 0.3) is 0 Å². The van der Waals surface area contributed by atoms with E-state index in [0.717, 1.165) is 6.42 Å². The third-order valence-corrected chi connectivity index (χ3v) is 5.06. The minimum Gasteiger partial charge on any atom is -0.485 e. The Labute approximate surface area is 145 Å². The lowest BCUT2D eigenvalue weighted by Crippen LogP contribution is -2.50. The Hall–Kier alpha value is -2.59. The highest BCUT2D eigenvalue weighted by atomic mass is 16.5. The number of ether oxygens (including phenoxy) is 2. The maximum atomic E-state index is 11.9. The quantitative estimate of drug-likeness (QED) is 0.836. The van der Waals surface area contributed by atoms with Gasteiger partial charge in [-0.15, -0.1) is 5.10 Å². The summed E-state index contributed by atoms with van der Waals surface area (Å²) in [4.78, 5) is 11.9. The fourth-order valence-corrected chi connectivity index (χ4v) is 3.43. The van der Waals surface area contributed by atoms with Crippen molar-refractivity contribution in [1.29, 1.82) is 5.26 Å². The Bertz CT molecular complexity index is 826. The van der Waals surface area contributed by atoms with Crippen LogP contribution in [0.2, 0.25) is 0 Å². The fraction of sp³-hybridized carbons (Fsp3) is 0.500. The van der Waals surface area contributed by atoms with Crippen molar-refractivity contribution in [3.8, 4) is 11.8 Å². The number of nitrogens with zero attached hydrogens (tertiary/aromatic N) is 3. The molecular weight excluding hydrogens is 322 g/mol. The number of amides is 1. The number of benzene rings is 1. The van der Waals surface area contributed by atoms with Crippen molar-refractivity contribution < 1.29 is 19.4 Å². The molecular formula is C18H19N3O4. The molecule has 2 aliphatic heterocycles. The molecule has 0 bridgehead atoms. The molecule has 0 spiro atoms. The van der Waals surface area contributed by atoms with E-state index >= 15 is 0 Å². The van der Waals surface area contributed by atoms with Gasteiger partial charge in [0, 0.05) is 18.5 Å². The Balaban J connectivity index is 1.72. The van der Waals surface area contributed by atoms with Crippen molar-refractivity contribution >= 4 is 11.8 Å². The van der Waals surface area contributed by atoms with Gasteiger partial charge in [-0.1, -0.05) is 0 Å². The molecule has 1 N–H and O–H groups in total. The van der Waals surface area contributed by atoms with Crippen LogP contribution in [0.4, 0.5) is 0 Å². The molecule has 4 atom stereocenters. The first-order valence-electron chi connectivity index (χ1n) is 8.25. The third kappa shape index (κ3) is 2.45. The minimum absolute atomic E-state index is 0.00243. The van der Waals surface area contributed by atoms with Crippen molar-refractivity contribution in [3.05, 3.63) is 29.3 Å². The second-order valence-electron chi connectivity index (χ2n) is 7.30. The first-order valence-corrected chi connectivity index (χ1v) is 8.25. The molecule has 1 aromatic carbocycles. The monoisotopic (exact) mass is 341 g/mol. The lowest BCUT2D eigenvalue weighted by Gasteiger charge is -2.42. The van der Waals surface area contributed by atoms with Crippen LogP contribution in [0.3, 0.4) is 0 Å². The molecule has 0 unspecified atom stereocenters. The maximum absolute atomic E-state index is 11.9. The summed E-state index contributed by atoms with van der Waals surface area (Å²) in [6.07, 6.45) is -0.944. The summed E-state index contributed by atoms with van der Waals surface area (Å²) in [5, 5.41) is 25.5. The van der Waals surface area contributed by atoms with Crippen molar-refractivity contribution in [1.82, 2.24) is 5.01 Å². The maximum Gasteiger partial charge on any atom is 0.246 e. The van der Waals surface area contributed by atoms with E-state index in [9.17, 15) is 9.90 Å². The third-order valence-electron chi connectivity index (χ3n) is 5.06. The van der Waals surface area contributed by atoms with Crippen molar-refractivity contribution in [3.63, 3.8) is 0 Å². The second-order valence-corrected chi connectivity index (χ2v) is 7.30. The van der Waals surface area contributed by atoms with Gasteiger partial charge in [0.05, 0.1) is 17.6 Å². The lowest BCUT2D eigenvalue weighted by atomic mass is 9.87. The molecule has 130 valence electrons. The summed E-state index contributed by atoms with van der Waals surface area (Å²) in [5.41, 5.74) is 0.224. The highest BCUT2D eigenvalue weighted by Crippen LogP contribution is 2.48. The Morgan fingerprint density at radius 3 is 2.92 bits per heavy atom. The summed E-state index contributed by atoms with van der Waals surface area (Å²) in [5.74, 6) is 0.934. The van der Waals surface area contributed by atoms with Gasteiger partial charge < -0.3 is 14.6 Å². The van der Waals surface area contributed by atoms with Gasteiger partial charge in [0.1, 0.15) is 17.5 Å². The smallest absolute Gasteiger partial charge is 0.246 e. The number of rotatable bonds is 1. The molecule has 2 heterocycles. The zero-order valence-corrected chi connectivity index (χ0v) is 14.3. The molecule has 1 aliphatic carbocycles. The van der Waals surface area contributed by atoms with E-state index in [-0.39, 0.29) is 17.7 Å². The molecule has 25 heavy (non-hydrogen) atoms. The van der Waals surface area contributed by atoms with E-state index in [1.165, 1.54) is 5.01 Å². The first-order chi connectivity index (χ1) is 11.8. The summed E-state index contributed by atoms with van der Waals surface area (Å²) in [6, 6.07) is 7.15. The first kappa shape index (κ1) is 15.9. The van der Waals surface area contributed by atoms with Crippen LogP contribution in [-0.4, -0.2) is 40.7 Å². The van der Waals surface area contributed by atoms with E-state index in [2.05, 4.69) is 11.2 Å². The summed E-state index contributed by atoms with van der Waals surface area (Å²) in [7, 11) is 1.60. The lowest BCUT2D eigenvalue weighted by molar-refractivity contribution is -0.133. The number of carbonyl (C=O) groups is 1. The van der Waals surface area contributed by atoms with Crippen molar-refractivity contribution in [2.24, 2.45) is 16.9 Å². The molecule has 1 aromatic rings. The van der Waals surface area contributed by atoms with E-state index in [1.807, 2.05) is 0 Å². The van der Waals surface area contributed by atoms with Crippen LogP contribution in [0, 0.1) is 23.2 Å². The zero-order chi connectivity index (χ0) is 17.9. The Kier molecular flexibility index (Phi) is 3.31. The fourth-order valence-electron chi connectivity index (χ4n) is 3.43. The van der Waals surface area contributed by atoms with E-state index in [1.54, 1.807) is 39.1 Å². The molecule has 7 nitrogen and oxygen atoms in total. The second kappa shape index (κ2) is 5.20. The predicted octanol–water partition coefficient (Wildman–Crippen LogP) is 1.57. The van der Waals surface area contributed by atoms with Crippen molar-refractivity contribution in [2.45, 2.75) is 38.1 Å². The van der Waals surface area contributed by atoms with Crippen molar-refractivity contribution in [2.75, 3.05) is 7.05 Å². The van der Waals surface area contributed by atoms with Crippen LogP contribution in [0.5, 0.6) is 5.75 Å². The standard InChI is InChI=1S/C18H19N3O4/c1-18(2)15(22)14(12-6-9(8-19)4-5-13(12)25-18)24-16-10-7-11(10)17(23)21(3)20-16/h4-6,10-11,14-15,22H,7H2,1-3H3/t10-,11+,14+,15-/m0/s1. The average molecular weight is 341 g/mol. The molecule has 0 radical (unpaired) electrons. The van der Waals surface area contributed by atoms with Crippen LogP contribution in [-0.2, 0) is 9.53 Å². The van der Waals surface area contributed by atoms with Gasteiger partial charge in [-0.25, -0.2) is 5.01 Å². The van der Waals surface area contributed by atoms with Gasteiger partial charge in [-0.2, -0.15) is 5.26 Å². The normalized spacial score (nSPS) is 31.9. The highest BCUT2D eigenvalue weighted by Gasteiger charge is 2.54. The van der Waals surface area contributed by atoms with Crippen LogP contribution < -0.4 is 4.74 Å². The summed E-state index contributed by atoms with van der Waals surface area (Å²) >= 11 is 0. The van der Waals surface area contributed by atoms with E-state index in [4.69, 9.17) is 14.7 Å². The number of carbonyl (C=O) groups excluding carboxylic acids is 1. The van der Waals surface area contributed by atoms with Crippen LogP contribution in [0.15, 0.2) is 23.3 Å². The molecule has 3 aliphatic rings. The molecule has 1 fully saturated rings. The summed E-state index contributed by atoms with van der Waals surface area (Å²) < 4.78 is 12.0. The Morgan fingerprint density at radius 1 is 1.44 bits per heavy atom. The minimum atomic E-state index is -0.947. The number of aliphatic hydroxyl groups excluding tert-OH is 1. The predicted molar refractivity (Wildman–Crippen MR) is 87.5 cm³/mol. The van der Waals surface area contributed by atoms with E-state index < -0.39 is 17.8 Å².